The van der Waals surface area contributed by atoms with E-state index >= 15 is 0 Å². The van der Waals surface area contributed by atoms with Crippen molar-refractivity contribution in [1.29, 1.82) is 0 Å². The van der Waals surface area contributed by atoms with Gasteiger partial charge in [-0.05, 0) is 37.1 Å². The lowest BCUT2D eigenvalue weighted by Gasteiger charge is -2.34. The van der Waals surface area contributed by atoms with Crippen LogP contribution in [0.25, 0.3) is 0 Å². The molecule has 0 bridgehead atoms. The molecule has 0 amide bonds. The summed E-state index contributed by atoms with van der Waals surface area (Å²) in [5.41, 5.74) is -0.761. The van der Waals surface area contributed by atoms with Gasteiger partial charge >= 0.3 is 11.9 Å². The number of ketones is 1. The van der Waals surface area contributed by atoms with Crippen molar-refractivity contribution in [3.05, 3.63) is 95.6 Å². The van der Waals surface area contributed by atoms with Crippen molar-refractivity contribution < 1.29 is 38.1 Å². The molecule has 3 aromatic rings. The average Bonchev–Trinajstić information content (AvgIpc) is 3.34. The van der Waals surface area contributed by atoms with E-state index in [0.29, 0.717) is 28.2 Å². The minimum atomic E-state index is -2.15. The highest BCUT2D eigenvalue weighted by atomic mass is 16.6. The molecule has 4 rings (SSSR count). The minimum Gasteiger partial charge on any atom is -0.493 e. The first-order valence-electron chi connectivity index (χ1n) is 12.8. The number of carbonyl (C=O) groups excluding carboxylic acids is 3. The molecule has 0 aliphatic carbocycles. The number of Topliss-reactive ketones (excluding diaryl/α,β-unsaturated/α-hetero) is 1. The Hall–Kier alpha value is -4.17. The molecule has 3 aromatic carbocycles. The third-order valence-electron chi connectivity index (χ3n) is 6.90. The van der Waals surface area contributed by atoms with Crippen LogP contribution in [0.4, 0.5) is 0 Å². The molecule has 1 aliphatic rings. The SMILES string of the molecule is CCOC(=O)C1(C(=O)OCC)[C@H](C(=O)c2ccccc2)[C@H](c2ccccc2)O[C@H]1c1ccc(OC)c(OC)c1. The summed E-state index contributed by atoms with van der Waals surface area (Å²) in [6.07, 6.45) is -2.20. The molecule has 0 N–H and O–H groups in total. The third kappa shape index (κ3) is 5.00. The van der Waals surface area contributed by atoms with Gasteiger partial charge in [0.05, 0.1) is 39.5 Å². The molecule has 1 saturated heterocycles. The second-order valence-corrected chi connectivity index (χ2v) is 8.98. The van der Waals surface area contributed by atoms with Gasteiger partial charge in [-0.2, -0.15) is 0 Å². The molecule has 8 heteroatoms. The number of rotatable bonds is 10. The first-order chi connectivity index (χ1) is 18.9. The quantitative estimate of drug-likeness (QED) is 0.201. The van der Waals surface area contributed by atoms with Gasteiger partial charge in [-0.3, -0.25) is 14.4 Å². The van der Waals surface area contributed by atoms with Crippen LogP contribution in [0.15, 0.2) is 78.9 Å². The fourth-order valence-corrected chi connectivity index (χ4v) is 5.18. The fourth-order valence-electron chi connectivity index (χ4n) is 5.18. The number of methoxy groups -OCH3 is 2. The van der Waals surface area contributed by atoms with Crippen LogP contribution in [0.2, 0.25) is 0 Å². The lowest BCUT2D eigenvalue weighted by Crippen LogP contribution is -2.51. The van der Waals surface area contributed by atoms with Crippen molar-refractivity contribution in [2.24, 2.45) is 11.3 Å². The van der Waals surface area contributed by atoms with Crippen molar-refractivity contribution in [2.75, 3.05) is 27.4 Å². The van der Waals surface area contributed by atoms with Gasteiger partial charge in [0.2, 0.25) is 5.41 Å². The molecule has 0 radical (unpaired) electrons. The molecule has 0 saturated carbocycles. The van der Waals surface area contributed by atoms with E-state index in [9.17, 15) is 14.4 Å². The Morgan fingerprint density at radius 2 is 1.31 bits per heavy atom. The van der Waals surface area contributed by atoms with Gasteiger partial charge in [-0.15, -0.1) is 0 Å². The summed E-state index contributed by atoms with van der Waals surface area (Å²) in [4.78, 5) is 42.4. The van der Waals surface area contributed by atoms with E-state index in [1.54, 1.807) is 74.5 Å². The predicted octanol–water partition coefficient (Wildman–Crippen LogP) is 5.13. The van der Waals surface area contributed by atoms with E-state index in [0.717, 1.165) is 0 Å². The van der Waals surface area contributed by atoms with E-state index in [1.807, 2.05) is 18.2 Å². The van der Waals surface area contributed by atoms with Gasteiger partial charge in [0, 0.05) is 5.56 Å². The van der Waals surface area contributed by atoms with Gasteiger partial charge in [0.1, 0.15) is 6.10 Å². The second-order valence-electron chi connectivity index (χ2n) is 8.98. The molecule has 3 atom stereocenters. The number of carbonyl (C=O) groups is 3. The van der Waals surface area contributed by atoms with Gasteiger partial charge in [-0.25, -0.2) is 0 Å². The van der Waals surface area contributed by atoms with Crippen LogP contribution >= 0.6 is 0 Å². The van der Waals surface area contributed by atoms with Crippen molar-refractivity contribution in [2.45, 2.75) is 26.1 Å². The monoisotopic (exact) mass is 532 g/mol. The molecule has 39 heavy (non-hydrogen) atoms. The summed E-state index contributed by atoms with van der Waals surface area (Å²) in [6.45, 7) is 3.25. The van der Waals surface area contributed by atoms with Crippen LogP contribution in [0.3, 0.4) is 0 Å². The highest BCUT2D eigenvalue weighted by Crippen LogP contribution is 2.60. The van der Waals surface area contributed by atoms with E-state index < -0.39 is 41.3 Å². The van der Waals surface area contributed by atoms with Gasteiger partial charge < -0.3 is 23.7 Å². The molecular formula is C31H32O8. The number of hydrogen-bond acceptors (Lipinski definition) is 8. The minimum absolute atomic E-state index is 0.0130. The van der Waals surface area contributed by atoms with Crippen LogP contribution < -0.4 is 9.47 Å². The Bertz CT molecular complexity index is 1290. The van der Waals surface area contributed by atoms with Crippen LogP contribution in [-0.2, 0) is 23.8 Å². The van der Waals surface area contributed by atoms with Gasteiger partial charge in [-0.1, -0.05) is 66.7 Å². The van der Waals surface area contributed by atoms with E-state index in [1.165, 1.54) is 14.2 Å². The molecule has 1 heterocycles. The van der Waals surface area contributed by atoms with E-state index in [2.05, 4.69) is 0 Å². The molecular weight excluding hydrogens is 500 g/mol. The van der Waals surface area contributed by atoms with Gasteiger partial charge in [0.15, 0.2) is 17.3 Å². The average molecular weight is 533 g/mol. The standard InChI is InChI=1S/C31H32O8/c1-5-37-29(33)31(30(34)38-6-2)25(26(32)20-13-9-7-10-14-20)27(21-15-11-8-12-16-21)39-28(31)22-17-18-23(35-3)24(19-22)36-4/h7-19,25,27-28H,5-6H2,1-4H3/t25-,27+,28+/m1/s1. The molecule has 204 valence electrons. The van der Waals surface area contributed by atoms with Gasteiger partial charge in [0.25, 0.3) is 0 Å². The number of benzene rings is 3. The zero-order chi connectivity index (χ0) is 28.0. The summed E-state index contributed by atoms with van der Waals surface area (Å²) in [5, 5.41) is 0. The van der Waals surface area contributed by atoms with Crippen molar-refractivity contribution in [3.8, 4) is 11.5 Å². The largest absolute Gasteiger partial charge is 0.493 e. The summed E-state index contributed by atoms with van der Waals surface area (Å²) in [5.74, 6) is -2.69. The van der Waals surface area contributed by atoms with E-state index in [4.69, 9.17) is 23.7 Å². The van der Waals surface area contributed by atoms with Crippen LogP contribution in [0, 0.1) is 11.3 Å². The number of ether oxygens (including phenoxy) is 5. The van der Waals surface area contributed by atoms with Crippen molar-refractivity contribution in [1.82, 2.24) is 0 Å². The molecule has 0 aromatic heterocycles. The van der Waals surface area contributed by atoms with Crippen molar-refractivity contribution in [3.63, 3.8) is 0 Å². The zero-order valence-electron chi connectivity index (χ0n) is 22.4. The Morgan fingerprint density at radius 1 is 0.744 bits per heavy atom. The first-order valence-corrected chi connectivity index (χ1v) is 12.8. The highest BCUT2D eigenvalue weighted by molar-refractivity contribution is 6.10. The number of hydrogen-bond donors (Lipinski definition) is 0. The topological polar surface area (TPSA) is 97.4 Å². The Morgan fingerprint density at radius 3 is 1.85 bits per heavy atom. The molecule has 0 unspecified atom stereocenters. The predicted molar refractivity (Wildman–Crippen MR) is 143 cm³/mol. The lowest BCUT2D eigenvalue weighted by atomic mass is 9.66. The Balaban J connectivity index is 2.04. The summed E-state index contributed by atoms with van der Waals surface area (Å²) in [7, 11) is 2.99. The third-order valence-corrected chi connectivity index (χ3v) is 6.90. The molecule has 8 nitrogen and oxygen atoms in total. The molecule has 1 aliphatic heterocycles. The van der Waals surface area contributed by atoms with Crippen molar-refractivity contribution >= 4 is 17.7 Å². The Kier molecular flexibility index (Phi) is 8.66. The summed E-state index contributed by atoms with van der Waals surface area (Å²) < 4.78 is 28.5. The highest BCUT2D eigenvalue weighted by Gasteiger charge is 2.70. The second kappa shape index (κ2) is 12.1. The normalized spacial score (nSPS) is 19.6. The lowest BCUT2D eigenvalue weighted by molar-refractivity contribution is -0.178. The van der Waals surface area contributed by atoms with Crippen LogP contribution in [0.5, 0.6) is 11.5 Å². The zero-order valence-corrected chi connectivity index (χ0v) is 22.4. The maximum absolute atomic E-state index is 14.3. The fraction of sp³-hybridized carbons (Fsp3) is 0.323. The van der Waals surface area contributed by atoms with Crippen LogP contribution in [-0.4, -0.2) is 45.2 Å². The maximum Gasteiger partial charge on any atom is 0.327 e. The molecule has 1 fully saturated rings. The first kappa shape index (κ1) is 27.9. The molecule has 0 spiro atoms. The van der Waals surface area contributed by atoms with Crippen LogP contribution in [0.1, 0.15) is 47.5 Å². The summed E-state index contributed by atoms with van der Waals surface area (Å²) in [6, 6.07) is 22.5. The number of esters is 2. The maximum atomic E-state index is 14.3. The Labute approximate surface area is 227 Å². The summed E-state index contributed by atoms with van der Waals surface area (Å²) >= 11 is 0. The smallest absolute Gasteiger partial charge is 0.327 e. The van der Waals surface area contributed by atoms with E-state index in [-0.39, 0.29) is 13.2 Å².